The lowest BCUT2D eigenvalue weighted by molar-refractivity contribution is 0.0994. The van der Waals surface area contributed by atoms with Gasteiger partial charge < -0.3 is 0 Å². The molecule has 0 aliphatic heterocycles. The molecule has 2 aromatic heterocycles. The van der Waals surface area contributed by atoms with E-state index < -0.39 is 0 Å². The third kappa shape index (κ3) is 3.39. The first-order valence-corrected chi connectivity index (χ1v) is 9.33. The Morgan fingerprint density at radius 2 is 2.00 bits per heavy atom. The first kappa shape index (κ1) is 16.9. The van der Waals surface area contributed by atoms with E-state index in [2.05, 4.69) is 19.7 Å². The van der Waals surface area contributed by atoms with Crippen LogP contribution in [0.25, 0.3) is 11.4 Å². The van der Waals surface area contributed by atoms with Gasteiger partial charge in [-0.1, -0.05) is 11.8 Å². The summed E-state index contributed by atoms with van der Waals surface area (Å²) >= 11 is 1.39. The Balaban J connectivity index is 1.59. The van der Waals surface area contributed by atoms with Gasteiger partial charge in [0.25, 0.3) is 0 Å². The third-order valence-corrected chi connectivity index (χ3v) is 5.33. The molecule has 0 unspecified atom stereocenters. The Bertz CT molecular complexity index is 922. The number of pyridine rings is 1. The fourth-order valence-corrected chi connectivity index (χ4v) is 3.77. The summed E-state index contributed by atoms with van der Waals surface area (Å²) in [7, 11) is 0. The summed E-state index contributed by atoms with van der Waals surface area (Å²) in [5.74, 6) is 0.379. The van der Waals surface area contributed by atoms with Crippen molar-refractivity contribution in [2.75, 3.05) is 0 Å². The van der Waals surface area contributed by atoms with Crippen molar-refractivity contribution in [1.82, 2.24) is 19.7 Å². The summed E-state index contributed by atoms with van der Waals surface area (Å²) in [6.45, 7) is 1.84. The second-order valence-corrected chi connectivity index (χ2v) is 7.59. The molecule has 1 aliphatic rings. The molecule has 5 nitrogen and oxygen atoms in total. The summed E-state index contributed by atoms with van der Waals surface area (Å²) in [6.07, 6.45) is 5.66. The monoisotopic (exact) mass is 368 g/mol. The van der Waals surface area contributed by atoms with Crippen LogP contribution >= 0.6 is 11.8 Å². The van der Waals surface area contributed by atoms with Crippen molar-refractivity contribution < 1.29 is 9.18 Å². The quantitative estimate of drug-likeness (QED) is 0.483. The molecule has 0 spiro atoms. The van der Waals surface area contributed by atoms with E-state index in [0.29, 0.717) is 11.6 Å². The Hall–Kier alpha value is -2.54. The van der Waals surface area contributed by atoms with Crippen molar-refractivity contribution in [3.8, 4) is 11.4 Å². The number of hydrogen-bond acceptors (Lipinski definition) is 5. The molecule has 4 rings (SSSR count). The molecular weight excluding hydrogens is 351 g/mol. The molecule has 26 heavy (non-hydrogen) atoms. The minimum Gasteiger partial charge on any atom is -0.299 e. The van der Waals surface area contributed by atoms with Gasteiger partial charge in [-0.2, -0.15) is 0 Å². The number of hydrogen-bond donors (Lipinski definition) is 0. The molecule has 0 saturated heterocycles. The van der Waals surface area contributed by atoms with E-state index in [4.69, 9.17) is 0 Å². The minimum absolute atomic E-state index is 0.0525. The van der Waals surface area contributed by atoms with Crippen LogP contribution in [0, 0.1) is 5.82 Å². The number of rotatable bonds is 6. The fraction of sp³-hybridized carbons (Fsp3) is 0.263. The molecule has 2 heterocycles. The Labute approximate surface area is 154 Å². The predicted octanol–water partition coefficient (Wildman–Crippen LogP) is 4.18. The number of halogens is 1. The van der Waals surface area contributed by atoms with Gasteiger partial charge in [-0.05, 0) is 56.2 Å². The van der Waals surface area contributed by atoms with Gasteiger partial charge in [0.1, 0.15) is 5.82 Å². The molecule has 1 aliphatic carbocycles. The van der Waals surface area contributed by atoms with Crippen molar-refractivity contribution in [1.29, 1.82) is 0 Å². The van der Waals surface area contributed by atoms with E-state index in [0.717, 1.165) is 29.4 Å². The van der Waals surface area contributed by atoms with Gasteiger partial charge in [0.05, 0.1) is 5.25 Å². The van der Waals surface area contributed by atoms with Gasteiger partial charge in [-0.15, -0.1) is 10.2 Å². The van der Waals surface area contributed by atoms with Crippen LogP contribution in [0.5, 0.6) is 0 Å². The van der Waals surface area contributed by atoms with Gasteiger partial charge in [-0.3, -0.25) is 14.3 Å². The molecule has 0 radical (unpaired) electrons. The highest BCUT2D eigenvalue weighted by molar-refractivity contribution is 8.00. The normalized spacial score (nSPS) is 15.0. The average molecular weight is 368 g/mol. The fourth-order valence-electron chi connectivity index (χ4n) is 2.77. The molecule has 1 atom stereocenters. The van der Waals surface area contributed by atoms with Crippen LogP contribution in [0.1, 0.15) is 36.2 Å². The topological polar surface area (TPSA) is 60.7 Å². The van der Waals surface area contributed by atoms with Crippen molar-refractivity contribution in [2.45, 2.75) is 36.2 Å². The Kier molecular flexibility index (Phi) is 4.55. The van der Waals surface area contributed by atoms with E-state index in [1.165, 1.54) is 36.0 Å². The number of thioether (sulfide) groups is 1. The van der Waals surface area contributed by atoms with Crippen molar-refractivity contribution >= 4 is 17.5 Å². The molecule has 0 N–H and O–H groups in total. The molecule has 1 aromatic carbocycles. The second kappa shape index (κ2) is 6.99. The summed E-state index contributed by atoms with van der Waals surface area (Å²) in [5, 5.41) is 9.04. The van der Waals surface area contributed by atoms with Crippen LogP contribution < -0.4 is 0 Å². The molecule has 0 bridgehead atoms. The Morgan fingerprint density at radius 1 is 1.23 bits per heavy atom. The second-order valence-electron chi connectivity index (χ2n) is 6.28. The van der Waals surface area contributed by atoms with Gasteiger partial charge in [0.2, 0.25) is 0 Å². The number of Topliss-reactive ketones (excluding diaryl/α,β-unsaturated/α-hetero) is 1. The van der Waals surface area contributed by atoms with Crippen LogP contribution in [-0.4, -0.2) is 30.8 Å². The van der Waals surface area contributed by atoms with Gasteiger partial charge in [-0.25, -0.2) is 4.39 Å². The molecule has 1 saturated carbocycles. The number of carbonyl (C=O) groups excluding carboxylic acids is 1. The molecular formula is C19H17FN4OS. The van der Waals surface area contributed by atoms with Crippen molar-refractivity contribution in [3.63, 3.8) is 0 Å². The lowest BCUT2D eigenvalue weighted by Gasteiger charge is -2.12. The molecule has 0 amide bonds. The lowest BCUT2D eigenvalue weighted by Crippen LogP contribution is -2.14. The van der Waals surface area contributed by atoms with E-state index in [1.54, 1.807) is 12.4 Å². The largest absolute Gasteiger partial charge is 0.299 e. The highest BCUT2D eigenvalue weighted by Gasteiger charge is 2.31. The number of benzene rings is 1. The predicted molar refractivity (Wildman–Crippen MR) is 97.6 cm³/mol. The van der Waals surface area contributed by atoms with Gasteiger partial charge >= 0.3 is 0 Å². The maximum atomic E-state index is 13.1. The number of nitrogens with zero attached hydrogens (tertiary/aromatic N) is 4. The summed E-state index contributed by atoms with van der Waals surface area (Å²) in [4.78, 5) is 16.8. The van der Waals surface area contributed by atoms with Crippen LogP contribution in [0.15, 0.2) is 53.9 Å². The zero-order chi connectivity index (χ0) is 18.1. The molecule has 1 fully saturated rings. The van der Waals surface area contributed by atoms with E-state index >= 15 is 0 Å². The first-order valence-electron chi connectivity index (χ1n) is 8.45. The molecule has 132 valence electrons. The smallest absolute Gasteiger partial charge is 0.192 e. The maximum absolute atomic E-state index is 13.1. The zero-order valence-electron chi connectivity index (χ0n) is 14.2. The van der Waals surface area contributed by atoms with Gasteiger partial charge in [0, 0.05) is 29.6 Å². The number of carbonyl (C=O) groups is 1. The SMILES string of the molecule is C[C@@H](Sc1nnc(-c2cccnc2)n1C1CC1)C(=O)c1ccc(F)cc1. The summed E-state index contributed by atoms with van der Waals surface area (Å²) in [5.41, 5.74) is 1.41. The standard InChI is InChI=1S/C19H17FN4OS/c1-12(17(25)13-4-6-15(20)7-5-13)26-19-23-22-18(24(19)16-8-9-16)14-3-2-10-21-11-14/h2-7,10-12,16H,8-9H2,1H3/t12-/m1/s1. The lowest BCUT2D eigenvalue weighted by atomic mass is 10.1. The van der Waals surface area contributed by atoms with E-state index in [1.807, 2.05) is 19.1 Å². The van der Waals surface area contributed by atoms with Crippen LogP contribution in [-0.2, 0) is 0 Å². The van der Waals surface area contributed by atoms with E-state index in [9.17, 15) is 9.18 Å². The molecule has 7 heteroatoms. The third-order valence-electron chi connectivity index (χ3n) is 4.28. The van der Waals surface area contributed by atoms with Crippen molar-refractivity contribution in [3.05, 3.63) is 60.2 Å². The Morgan fingerprint density at radius 3 is 2.65 bits per heavy atom. The summed E-state index contributed by atoms with van der Waals surface area (Å²) < 4.78 is 15.2. The number of ketones is 1. The number of aromatic nitrogens is 4. The first-order chi connectivity index (χ1) is 12.6. The van der Waals surface area contributed by atoms with Crippen molar-refractivity contribution in [2.24, 2.45) is 0 Å². The van der Waals surface area contributed by atoms with Crippen LogP contribution in [0.2, 0.25) is 0 Å². The van der Waals surface area contributed by atoms with Crippen LogP contribution in [0.4, 0.5) is 4.39 Å². The highest BCUT2D eigenvalue weighted by atomic mass is 32.2. The van der Waals surface area contributed by atoms with Crippen LogP contribution in [0.3, 0.4) is 0 Å². The highest BCUT2D eigenvalue weighted by Crippen LogP contribution is 2.41. The maximum Gasteiger partial charge on any atom is 0.192 e. The van der Waals surface area contributed by atoms with E-state index in [-0.39, 0.29) is 16.9 Å². The zero-order valence-corrected chi connectivity index (χ0v) is 15.0. The summed E-state index contributed by atoms with van der Waals surface area (Å²) in [6, 6.07) is 9.83. The minimum atomic E-state index is -0.351. The molecule has 3 aromatic rings. The average Bonchev–Trinajstić information content (AvgIpc) is 3.42. The van der Waals surface area contributed by atoms with Gasteiger partial charge in [0.15, 0.2) is 16.8 Å².